The predicted octanol–water partition coefficient (Wildman–Crippen LogP) is 4.35. The number of thiazole rings is 1. The van der Waals surface area contributed by atoms with Crippen molar-refractivity contribution in [2.24, 2.45) is 5.10 Å². The van der Waals surface area contributed by atoms with Crippen LogP contribution in [-0.2, 0) is 10.0 Å². The Morgan fingerprint density at radius 2 is 1.89 bits per heavy atom. The van der Waals surface area contributed by atoms with E-state index in [1.165, 1.54) is 15.6 Å². The third-order valence-electron chi connectivity index (χ3n) is 3.89. The van der Waals surface area contributed by atoms with Crippen LogP contribution in [0.3, 0.4) is 0 Å². The summed E-state index contributed by atoms with van der Waals surface area (Å²) in [5.41, 5.74) is 4.56. The molecule has 0 spiro atoms. The molecular formula is C18H20N4O2S3. The highest BCUT2D eigenvalue weighted by atomic mass is 32.2. The Morgan fingerprint density at radius 1 is 1.15 bits per heavy atom. The van der Waals surface area contributed by atoms with E-state index >= 15 is 0 Å². The molecule has 6 nitrogen and oxygen atoms in total. The topological polar surface area (TPSA) is 74.7 Å². The van der Waals surface area contributed by atoms with Crippen LogP contribution >= 0.6 is 22.7 Å². The van der Waals surface area contributed by atoms with E-state index in [1.807, 2.05) is 36.7 Å². The SMILES string of the molecule is CCN(CC)S(=O)(=O)c1ccc(-c2csc(N/N=C/c3cccs3)n2)cc1. The summed E-state index contributed by atoms with van der Waals surface area (Å²) in [6.07, 6.45) is 1.75. The molecule has 0 saturated carbocycles. The minimum absolute atomic E-state index is 0.295. The van der Waals surface area contributed by atoms with Gasteiger partial charge in [0.15, 0.2) is 0 Å². The Kier molecular flexibility index (Phi) is 6.38. The van der Waals surface area contributed by atoms with Crippen LogP contribution in [0.15, 0.2) is 57.2 Å². The molecule has 1 aromatic carbocycles. The second-order valence-corrected chi connectivity index (χ2v) is 9.31. The highest BCUT2D eigenvalue weighted by Crippen LogP contribution is 2.26. The number of nitrogens with one attached hydrogen (secondary N) is 1. The van der Waals surface area contributed by atoms with E-state index in [-0.39, 0.29) is 0 Å². The van der Waals surface area contributed by atoms with E-state index in [0.29, 0.717) is 23.1 Å². The van der Waals surface area contributed by atoms with E-state index in [2.05, 4.69) is 15.5 Å². The van der Waals surface area contributed by atoms with Gasteiger partial charge in [0.1, 0.15) is 0 Å². The summed E-state index contributed by atoms with van der Waals surface area (Å²) < 4.78 is 26.5. The van der Waals surface area contributed by atoms with Crippen LogP contribution in [0.4, 0.5) is 5.13 Å². The second kappa shape index (κ2) is 8.75. The number of aromatic nitrogens is 1. The third-order valence-corrected chi connectivity index (χ3v) is 7.51. The number of benzene rings is 1. The molecule has 2 aromatic heterocycles. The van der Waals surface area contributed by atoms with Crippen molar-refractivity contribution >= 4 is 44.0 Å². The van der Waals surface area contributed by atoms with Gasteiger partial charge in [-0.05, 0) is 23.6 Å². The van der Waals surface area contributed by atoms with E-state index in [1.54, 1.807) is 41.8 Å². The average Bonchev–Trinajstić information content (AvgIpc) is 3.35. The van der Waals surface area contributed by atoms with Gasteiger partial charge in [0.05, 0.1) is 16.8 Å². The van der Waals surface area contributed by atoms with Crippen molar-refractivity contribution in [1.82, 2.24) is 9.29 Å². The van der Waals surface area contributed by atoms with Gasteiger partial charge in [-0.2, -0.15) is 9.41 Å². The van der Waals surface area contributed by atoms with Gasteiger partial charge in [-0.3, -0.25) is 5.43 Å². The molecule has 0 atom stereocenters. The summed E-state index contributed by atoms with van der Waals surface area (Å²) in [6.45, 7) is 4.57. The smallest absolute Gasteiger partial charge is 0.243 e. The summed E-state index contributed by atoms with van der Waals surface area (Å²) in [7, 11) is -3.44. The molecule has 3 aromatic rings. The number of hydrazone groups is 1. The molecule has 0 unspecified atom stereocenters. The van der Waals surface area contributed by atoms with Crippen molar-refractivity contribution in [2.45, 2.75) is 18.7 Å². The zero-order chi connectivity index (χ0) is 19.3. The molecule has 0 aliphatic heterocycles. The lowest BCUT2D eigenvalue weighted by Crippen LogP contribution is -2.30. The van der Waals surface area contributed by atoms with Crippen LogP contribution in [0, 0.1) is 0 Å². The predicted molar refractivity (Wildman–Crippen MR) is 113 cm³/mol. The molecule has 3 rings (SSSR count). The fourth-order valence-corrected chi connectivity index (χ4v) is 5.20. The van der Waals surface area contributed by atoms with Crippen LogP contribution in [0.5, 0.6) is 0 Å². The molecule has 0 saturated heterocycles. The lowest BCUT2D eigenvalue weighted by atomic mass is 10.2. The van der Waals surface area contributed by atoms with Gasteiger partial charge in [-0.1, -0.05) is 32.0 Å². The fraction of sp³-hybridized carbons (Fsp3) is 0.222. The molecule has 0 amide bonds. The summed E-state index contributed by atoms with van der Waals surface area (Å²) >= 11 is 3.05. The van der Waals surface area contributed by atoms with Crippen molar-refractivity contribution < 1.29 is 8.42 Å². The molecule has 9 heteroatoms. The lowest BCUT2D eigenvalue weighted by molar-refractivity contribution is 0.445. The van der Waals surface area contributed by atoms with Gasteiger partial charge in [0, 0.05) is 28.9 Å². The van der Waals surface area contributed by atoms with Crippen molar-refractivity contribution in [1.29, 1.82) is 0 Å². The van der Waals surface area contributed by atoms with Crippen LogP contribution in [-0.4, -0.2) is 37.0 Å². The van der Waals surface area contributed by atoms with E-state index in [9.17, 15) is 8.42 Å². The molecule has 0 aliphatic carbocycles. The molecule has 0 bridgehead atoms. The Labute approximate surface area is 167 Å². The normalized spacial score (nSPS) is 12.1. The highest BCUT2D eigenvalue weighted by molar-refractivity contribution is 7.89. The van der Waals surface area contributed by atoms with E-state index < -0.39 is 10.0 Å². The first-order valence-electron chi connectivity index (χ1n) is 8.43. The average molecular weight is 421 g/mol. The molecule has 0 radical (unpaired) electrons. The maximum atomic E-state index is 12.5. The Balaban J connectivity index is 1.71. The number of nitrogens with zero attached hydrogens (tertiary/aromatic N) is 3. The first kappa shape index (κ1) is 19.7. The van der Waals surface area contributed by atoms with E-state index in [0.717, 1.165) is 16.1 Å². The van der Waals surface area contributed by atoms with Crippen molar-refractivity contribution in [3.05, 3.63) is 52.0 Å². The van der Waals surface area contributed by atoms with Gasteiger partial charge in [0.25, 0.3) is 0 Å². The zero-order valence-corrected chi connectivity index (χ0v) is 17.4. The molecule has 27 heavy (non-hydrogen) atoms. The summed E-state index contributed by atoms with van der Waals surface area (Å²) in [5, 5.41) is 8.76. The third kappa shape index (κ3) is 4.62. The quantitative estimate of drug-likeness (QED) is 0.434. The Bertz CT molecular complexity index is 990. The number of anilines is 1. The van der Waals surface area contributed by atoms with Crippen molar-refractivity contribution in [3.8, 4) is 11.3 Å². The second-order valence-electron chi connectivity index (χ2n) is 5.54. The zero-order valence-electron chi connectivity index (χ0n) is 15.0. The molecule has 142 valence electrons. The number of hydrogen-bond acceptors (Lipinski definition) is 7. The lowest BCUT2D eigenvalue weighted by Gasteiger charge is -2.18. The van der Waals surface area contributed by atoms with Crippen LogP contribution in [0.2, 0.25) is 0 Å². The van der Waals surface area contributed by atoms with Crippen molar-refractivity contribution in [3.63, 3.8) is 0 Å². The van der Waals surface area contributed by atoms with Gasteiger partial charge >= 0.3 is 0 Å². The van der Waals surface area contributed by atoms with Gasteiger partial charge in [0.2, 0.25) is 15.2 Å². The molecule has 0 aliphatic rings. The number of sulfonamides is 1. The summed E-state index contributed by atoms with van der Waals surface area (Å²) in [6, 6.07) is 10.8. The summed E-state index contributed by atoms with van der Waals surface area (Å²) in [4.78, 5) is 5.85. The fourth-order valence-electron chi connectivity index (χ4n) is 2.48. The van der Waals surface area contributed by atoms with Gasteiger partial charge in [-0.15, -0.1) is 22.7 Å². The minimum atomic E-state index is -3.44. The van der Waals surface area contributed by atoms with Crippen LogP contribution < -0.4 is 5.43 Å². The number of thiophene rings is 1. The Hall–Kier alpha value is -2.07. The number of rotatable bonds is 8. The highest BCUT2D eigenvalue weighted by Gasteiger charge is 2.21. The monoisotopic (exact) mass is 420 g/mol. The maximum absolute atomic E-state index is 12.5. The van der Waals surface area contributed by atoms with Crippen LogP contribution in [0.25, 0.3) is 11.3 Å². The first-order chi connectivity index (χ1) is 13.0. The van der Waals surface area contributed by atoms with E-state index in [4.69, 9.17) is 0 Å². The largest absolute Gasteiger partial charge is 0.253 e. The minimum Gasteiger partial charge on any atom is -0.253 e. The molecule has 0 fully saturated rings. The molecular weight excluding hydrogens is 400 g/mol. The van der Waals surface area contributed by atoms with Gasteiger partial charge < -0.3 is 0 Å². The molecule has 1 N–H and O–H groups in total. The molecule has 2 heterocycles. The maximum Gasteiger partial charge on any atom is 0.243 e. The standard InChI is InChI=1S/C18H20N4O2S3/c1-3-22(4-2)27(23,24)16-9-7-14(8-10-16)17-13-26-18(20-17)21-19-12-15-6-5-11-25-15/h5-13H,3-4H2,1-2H3,(H,20,21)/b19-12+. The summed E-state index contributed by atoms with van der Waals surface area (Å²) in [5.74, 6) is 0. The Morgan fingerprint density at radius 3 is 2.52 bits per heavy atom. The van der Waals surface area contributed by atoms with Gasteiger partial charge in [-0.25, -0.2) is 13.4 Å². The van der Waals surface area contributed by atoms with Crippen LogP contribution in [0.1, 0.15) is 18.7 Å². The number of hydrogen-bond donors (Lipinski definition) is 1. The van der Waals surface area contributed by atoms with Crippen molar-refractivity contribution in [2.75, 3.05) is 18.5 Å². The first-order valence-corrected chi connectivity index (χ1v) is 11.6.